The Morgan fingerprint density at radius 3 is 2.00 bits per heavy atom. The van der Waals surface area contributed by atoms with Gasteiger partial charge in [-0.25, -0.2) is 0 Å². The average Bonchev–Trinajstić information content (AvgIpc) is 2.83. The third-order valence-corrected chi connectivity index (χ3v) is 4.53. The van der Waals surface area contributed by atoms with Crippen molar-refractivity contribution in [1.29, 1.82) is 0 Å². The molecule has 0 bridgehead atoms. The Morgan fingerprint density at radius 1 is 1.09 bits per heavy atom. The van der Waals surface area contributed by atoms with Gasteiger partial charge >= 0.3 is 0 Å². The minimum atomic E-state index is 0.0496. The summed E-state index contributed by atoms with van der Waals surface area (Å²) >= 11 is 0. The van der Waals surface area contributed by atoms with Crippen LogP contribution in [-0.2, 0) is 15.6 Å². The molecule has 1 aromatic rings. The van der Waals surface area contributed by atoms with Crippen LogP contribution in [0.15, 0.2) is 6.20 Å². The highest BCUT2D eigenvalue weighted by Gasteiger charge is 2.31. The van der Waals surface area contributed by atoms with Gasteiger partial charge in [0.05, 0.1) is 11.7 Å². The second-order valence-corrected chi connectivity index (χ2v) is 8.61. The number of carbonyl (C=O) groups is 1. The van der Waals surface area contributed by atoms with Crippen LogP contribution in [-0.4, -0.2) is 33.7 Å². The summed E-state index contributed by atoms with van der Waals surface area (Å²) < 4.78 is 2.17. The monoisotopic (exact) mass is 305 g/mol. The van der Waals surface area contributed by atoms with Crippen LogP contribution < -0.4 is 0 Å². The van der Waals surface area contributed by atoms with Crippen molar-refractivity contribution in [2.45, 2.75) is 78.2 Å². The number of carbonyl (C=O) groups excluding carboxylic acids is 1. The van der Waals surface area contributed by atoms with E-state index in [2.05, 4.69) is 52.4 Å². The van der Waals surface area contributed by atoms with E-state index in [0.717, 1.165) is 25.9 Å². The van der Waals surface area contributed by atoms with Gasteiger partial charge in [-0.2, -0.15) is 5.10 Å². The van der Waals surface area contributed by atoms with Gasteiger partial charge < -0.3 is 4.90 Å². The summed E-state index contributed by atoms with van der Waals surface area (Å²) in [5, 5.41) is 4.95. The zero-order chi connectivity index (χ0) is 16.7. The Morgan fingerprint density at radius 2 is 1.64 bits per heavy atom. The topological polar surface area (TPSA) is 38.1 Å². The molecule has 0 unspecified atom stereocenters. The SMILES string of the molecule is CC(=O)N1CCC(n2cc(C(C)(C)C)c(C(C)(C)C)n2)CC1. The summed E-state index contributed by atoms with van der Waals surface area (Å²) in [6.45, 7) is 16.8. The van der Waals surface area contributed by atoms with Gasteiger partial charge in [-0.1, -0.05) is 41.5 Å². The standard InChI is InChI=1S/C18H31N3O/c1-13(22)20-10-8-14(9-11-20)21-12-15(17(2,3)4)16(19-21)18(5,6)7/h12,14H,8-11H2,1-7H3. The van der Waals surface area contributed by atoms with Crippen molar-refractivity contribution >= 4 is 5.91 Å². The quantitative estimate of drug-likeness (QED) is 0.794. The molecule has 1 saturated heterocycles. The Labute approximate surface area is 134 Å². The fraction of sp³-hybridized carbons (Fsp3) is 0.778. The summed E-state index contributed by atoms with van der Waals surface area (Å²) in [6.07, 6.45) is 4.23. The molecule has 1 amide bonds. The van der Waals surface area contributed by atoms with Crippen molar-refractivity contribution in [3.63, 3.8) is 0 Å². The molecule has 4 heteroatoms. The third kappa shape index (κ3) is 3.53. The number of hydrogen-bond acceptors (Lipinski definition) is 2. The first-order valence-corrected chi connectivity index (χ1v) is 8.36. The van der Waals surface area contributed by atoms with Crippen LogP contribution in [0, 0.1) is 0 Å². The van der Waals surface area contributed by atoms with Gasteiger partial charge in [0, 0.05) is 31.6 Å². The summed E-state index contributed by atoms with van der Waals surface area (Å²) in [6, 6.07) is 0.410. The first-order valence-electron chi connectivity index (χ1n) is 8.36. The van der Waals surface area contributed by atoms with E-state index in [9.17, 15) is 4.79 Å². The molecule has 1 aliphatic heterocycles. The number of likely N-dealkylation sites (tertiary alicyclic amines) is 1. The van der Waals surface area contributed by atoms with Crippen LogP contribution in [0.2, 0.25) is 0 Å². The minimum Gasteiger partial charge on any atom is -0.343 e. The van der Waals surface area contributed by atoms with Gasteiger partial charge in [-0.3, -0.25) is 9.48 Å². The first kappa shape index (κ1) is 17.0. The van der Waals surface area contributed by atoms with Gasteiger partial charge in [0.25, 0.3) is 0 Å². The van der Waals surface area contributed by atoms with Gasteiger partial charge in [-0.15, -0.1) is 0 Å². The van der Waals surface area contributed by atoms with E-state index in [-0.39, 0.29) is 16.7 Å². The Hall–Kier alpha value is -1.32. The summed E-state index contributed by atoms with van der Waals surface area (Å²) in [7, 11) is 0. The molecule has 0 saturated carbocycles. The second kappa shape index (κ2) is 5.71. The molecule has 2 heterocycles. The maximum Gasteiger partial charge on any atom is 0.219 e. The Kier molecular flexibility index (Phi) is 4.42. The van der Waals surface area contributed by atoms with Crippen LogP contribution in [0.4, 0.5) is 0 Å². The fourth-order valence-electron chi connectivity index (χ4n) is 3.13. The molecule has 0 aromatic carbocycles. The molecule has 1 aliphatic rings. The molecule has 0 N–H and O–H groups in total. The number of hydrogen-bond donors (Lipinski definition) is 0. The van der Waals surface area contributed by atoms with Gasteiger partial charge in [0.2, 0.25) is 5.91 Å². The summed E-state index contributed by atoms with van der Waals surface area (Å²) in [5.41, 5.74) is 2.69. The molecule has 2 rings (SSSR count). The number of piperidine rings is 1. The molecule has 124 valence electrons. The zero-order valence-electron chi connectivity index (χ0n) is 15.2. The summed E-state index contributed by atoms with van der Waals surface area (Å²) in [5.74, 6) is 0.185. The molecule has 0 spiro atoms. The number of amides is 1. The van der Waals surface area contributed by atoms with Gasteiger partial charge in [0.1, 0.15) is 0 Å². The first-order chi connectivity index (χ1) is 10.00. The smallest absolute Gasteiger partial charge is 0.219 e. The Balaban J connectivity index is 2.27. The van der Waals surface area contributed by atoms with E-state index < -0.39 is 0 Å². The van der Waals surface area contributed by atoms with Crippen molar-refractivity contribution in [3.8, 4) is 0 Å². The average molecular weight is 305 g/mol. The lowest BCUT2D eigenvalue weighted by Gasteiger charge is -2.31. The molecule has 1 aromatic heterocycles. The molecule has 4 nitrogen and oxygen atoms in total. The van der Waals surface area contributed by atoms with E-state index in [1.165, 1.54) is 11.3 Å². The highest BCUT2D eigenvalue weighted by molar-refractivity contribution is 5.73. The zero-order valence-corrected chi connectivity index (χ0v) is 15.2. The van der Waals surface area contributed by atoms with E-state index in [0.29, 0.717) is 6.04 Å². The van der Waals surface area contributed by atoms with Crippen molar-refractivity contribution in [2.24, 2.45) is 0 Å². The lowest BCUT2D eigenvalue weighted by molar-refractivity contribution is -0.130. The number of rotatable bonds is 1. The minimum absolute atomic E-state index is 0.0496. The lowest BCUT2D eigenvalue weighted by atomic mass is 9.80. The van der Waals surface area contributed by atoms with Crippen molar-refractivity contribution < 1.29 is 4.79 Å². The normalized spacial score (nSPS) is 17.9. The highest BCUT2D eigenvalue weighted by atomic mass is 16.2. The largest absolute Gasteiger partial charge is 0.343 e. The van der Waals surface area contributed by atoms with Crippen LogP contribution >= 0.6 is 0 Å². The molecule has 0 atom stereocenters. The second-order valence-electron chi connectivity index (χ2n) is 8.61. The van der Waals surface area contributed by atoms with Crippen LogP contribution in [0.25, 0.3) is 0 Å². The van der Waals surface area contributed by atoms with Gasteiger partial charge in [0.15, 0.2) is 0 Å². The van der Waals surface area contributed by atoms with Crippen LogP contribution in [0.3, 0.4) is 0 Å². The predicted octanol–water partition coefficient (Wildman–Crippen LogP) is 3.66. The van der Waals surface area contributed by atoms with Crippen molar-refractivity contribution in [1.82, 2.24) is 14.7 Å². The van der Waals surface area contributed by atoms with Crippen LogP contribution in [0.5, 0.6) is 0 Å². The van der Waals surface area contributed by atoms with E-state index in [4.69, 9.17) is 5.10 Å². The fourth-order valence-corrected chi connectivity index (χ4v) is 3.13. The molecule has 22 heavy (non-hydrogen) atoms. The lowest BCUT2D eigenvalue weighted by Crippen LogP contribution is -2.37. The van der Waals surface area contributed by atoms with E-state index in [1.54, 1.807) is 6.92 Å². The summed E-state index contributed by atoms with van der Waals surface area (Å²) in [4.78, 5) is 13.4. The number of aromatic nitrogens is 2. The number of nitrogens with zero attached hydrogens (tertiary/aromatic N) is 3. The van der Waals surface area contributed by atoms with E-state index >= 15 is 0 Å². The van der Waals surface area contributed by atoms with Crippen molar-refractivity contribution in [3.05, 3.63) is 17.5 Å². The highest BCUT2D eigenvalue weighted by Crippen LogP contribution is 2.34. The Bertz CT molecular complexity index is 506. The molecule has 1 fully saturated rings. The van der Waals surface area contributed by atoms with Crippen molar-refractivity contribution in [2.75, 3.05) is 13.1 Å². The maximum atomic E-state index is 11.5. The van der Waals surface area contributed by atoms with E-state index in [1.807, 2.05) is 4.90 Å². The molecular formula is C18H31N3O. The molecule has 0 aliphatic carbocycles. The predicted molar refractivity (Wildman–Crippen MR) is 90.2 cm³/mol. The molecular weight excluding hydrogens is 274 g/mol. The van der Waals surface area contributed by atoms with Gasteiger partial charge in [-0.05, 0) is 23.8 Å². The third-order valence-electron chi connectivity index (χ3n) is 4.53. The molecule has 0 radical (unpaired) electrons. The van der Waals surface area contributed by atoms with Crippen LogP contribution in [0.1, 0.15) is 78.6 Å². The maximum absolute atomic E-state index is 11.5.